The van der Waals surface area contributed by atoms with Gasteiger partial charge in [0.1, 0.15) is 11.9 Å². The number of hydrogen-bond donors (Lipinski definition) is 1. The molecule has 5 nitrogen and oxygen atoms in total. The molecule has 1 heterocycles. The molecule has 118 valence electrons. The van der Waals surface area contributed by atoms with Crippen LogP contribution in [0.1, 0.15) is 38.0 Å². The molecule has 0 bridgehead atoms. The van der Waals surface area contributed by atoms with Crippen molar-refractivity contribution < 1.29 is 14.3 Å². The van der Waals surface area contributed by atoms with Crippen LogP contribution in [0.4, 0.5) is 0 Å². The van der Waals surface area contributed by atoms with Gasteiger partial charge in [-0.25, -0.2) is 4.98 Å². The van der Waals surface area contributed by atoms with Crippen LogP contribution in [-0.4, -0.2) is 40.1 Å². The fourth-order valence-corrected chi connectivity index (χ4v) is 3.04. The van der Waals surface area contributed by atoms with Gasteiger partial charge >= 0.3 is 0 Å². The molecule has 1 aromatic carbocycles. The van der Waals surface area contributed by atoms with Gasteiger partial charge in [0.25, 0.3) is 0 Å². The first-order valence-electron chi connectivity index (χ1n) is 7.87. The second-order valence-electron chi connectivity index (χ2n) is 6.25. The number of nitrogens with zero attached hydrogens (tertiary/aromatic N) is 2. The summed E-state index contributed by atoms with van der Waals surface area (Å²) in [5, 5.41) is 10.3. The van der Waals surface area contributed by atoms with E-state index in [4.69, 9.17) is 4.42 Å². The Bertz CT molecular complexity index is 626. The maximum atomic E-state index is 12.2. The molecule has 1 aliphatic rings. The molecule has 2 aromatic rings. The van der Waals surface area contributed by atoms with E-state index in [9.17, 15) is 9.90 Å². The van der Waals surface area contributed by atoms with Gasteiger partial charge in [-0.15, -0.1) is 0 Å². The van der Waals surface area contributed by atoms with Crippen molar-refractivity contribution in [2.75, 3.05) is 13.6 Å². The summed E-state index contributed by atoms with van der Waals surface area (Å²) in [6, 6.07) is 7.49. The molecule has 3 rings (SSSR count). The van der Waals surface area contributed by atoms with E-state index < -0.39 is 5.60 Å². The highest BCUT2D eigenvalue weighted by Crippen LogP contribution is 2.32. The van der Waals surface area contributed by atoms with Gasteiger partial charge in [0.05, 0.1) is 5.60 Å². The van der Waals surface area contributed by atoms with E-state index in [1.54, 1.807) is 11.9 Å². The number of carbonyl (C=O) groups excluding carboxylic acids is 1. The minimum atomic E-state index is -0.577. The van der Waals surface area contributed by atoms with E-state index in [2.05, 4.69) is 4.98 Å². The van der Waals surface area contributed by atoms with Crippen LogP contribution < -0.4 is 0 Å². The van der Waals surface area contributed by atoms with Gasteiger partial charge < -0.3 is 14.4 Å². The first-order valence-corrected chi connectivity index (χ1v) is 7.87. The Morgan fingerprint density at radius 3 is 2.82 bits per heavy atom. The topological polar surface area (TPSA) is 66.6 Å². The van der Waals surface area contributed by atoms with Gasteiger partial charge in [-0.2, -0.15) is 0 Å². The minimum absolute atomic E-state index is 0.0341. The summed E-state index contributed by atoms with van der Waals surface area (Å²) in [6.45, 7) is 0.565. The zero-order valence-electron chi connectivity index (χ0n) is 12.9. The van der Waals surface area contributed by atoms with E-state index in [1.165, 1.54) is 0 Å². The number of oxazole rings is 1. The Labute approximate surface area is 129 Å². The lowest BCUT2D eigenvalue weighted by Gasteiger charge is -2.25. The highest BCUT2D eigenvalue weighted by Gasteiger charge is 2.31. The summed E-state index contributed by atoms with van der Waals surface area (Å²) in [5.74, 6) is 0.408. The van der Waals surface area contributed by atoms with E-state index in [0.717, 1.165) is 31.2 Å². The maximum Gasteiger partial charge on any atom is 0.231 e. The number of carbonyl (C=O) groups is 1. The molecule has 0 radical (unpaired) electrons. The molecular weight excluding hydrogens is 280 g/mol. The number of aromatic nitrogens is 1. The predicted molar refractivity (Wildman–Crippen MR) is 83.4 cm³/mol. The third-order valence-corrected chi connectivity index (χ3v) is 4.51. The highest BCUT2D eigenvalue weighted by atomic mass is 16.3. The molecule has 1 saturated carbocycles. The minimum Gasteiger partial charge on any atom is -0.440 e. The quantitative estimate of drug-likeness (QED) is 0.921. The number of para-hydroxylation sites is 2. The first-order chi connectivity index (χ1) is 10.6. The number of rotatable bonds is 5. The molecule has 22 heavy (non-hydrogen) atoms. The first kappa shape index (κ1) is 15.0. The summed E-state index contributed by atoms with van der Waals surface area (Å²) in [6.07, 6.45) is 4.65. The van der Waals surface area contributed by atoms with Crippen molar-refractivity contribution >= 4 is 17.0 Å². The van der Waals surface area contributed by atoms with Gasteiger partial charge in [-0.1, -0.05) is 25.0 Å². The maximum absolute atomic E-state index is 12.2. The summed E-state index contributed by atoms with van der Waals surface area (Å²) in [5.41, 5.74) is 0.896. The summed E-state index contributed by atoms with van der Waals surface area (Å²) in [7, 11) is 1.77. The van der Waals surface area contributed by atoms with Gasteiger partial charge in [-0.05, 0) is 31.4 Å². The van der Waals surface area contributed by atoms with Gasteiger partial charge in [0, 0.05) is 13.6 Å². The average molecular weight is 302 g/mol. The Hall–Kier alpha value is -1.88. The molecule has 0 atom stereocenters. The normalized spacial score (nSPS) is 17.0. The van der Waals surface area contributed by atoms with E-state index in [1.807, 2.05) is 24.3 Å². The van der Waals surface area contributed by atoms with Crippen LogP contribution in [-0.2, 0) is 11.2 Å². The Kier molecular flexibility index (Phi) is 4.16. The molecule has 1 fully saturated rings. The largest absolute Gasteiger partial charge is 0.440 e. The molecule has 0 saturated heterocycles. The predicted octanol–water partition coefficient (Wildman–Crippen LogP) is 2.52. The van der Waals surface area contributed by atoms with E-state index in [-0.39, 0.29) is 12.3 Å². The average Bonchev–Trinajstić information content (AvgIpc) is 3.10. The highest BCUT2D eigenvalue weighted by molar-refractivity contribution is 5.79. The molecule has 1 aliphatic carbocycles. The lowest BCUT2D eigenvalue weighted by Crippen LogP contribution is -2.35. The van der Waals surface area contributed by atoms with Crippen molar-refractivity contribution in [2.24, 2.45) is 0 Å². The fraction of sp³-hybridized carbons (Fsp3) is 0.529. The lowest BCUT2D eigenvalue weighted by molar-refractivity contribution is -0.130. The van der Waals surface area contributed by atoms with Crippen molar-refractivity contribution in [3.8, 4) is 0 Å². The van der Waals surface area contributed by atoms with Crippen molar-refractivity contribution in [1.82, 2.24) is 9.88 Å². The second kappa shape index (κ2) is 6.08. The molecule has 1 amide bonds. The Morgan fingerprint density at radius 2 is 2.09 bits per heavy atom. The van der Waals surface area contributed by atoms with Crippen molar-refractivity contribution in [1.29, 1.82) is 0 Å². The van der Waals surface area contributed by atoms with Crippen LogP contribution in [0.5, 0.6) is 0 Å². The van der Waals surface area contributed by atoms with Crippen molar-refractivity contribution in [2.45, 2.75) is 44.1 Å². The molecule has 0 spiro atoms. The number of hydrogen-bond acceptors (Lipinski definition) is 4. The molecule has 0 aliphatic heterocycles. The van der Waals surface area contributed by atoms with Gasteiger partial charge in [0.15, 0.2) is 5.58 Å². The van der Waals surface area contributed by atoms with E-state index >= 15 is 0 Å². The molecule has 1 aromatic heterocycles. The van der Waals surface area contributed by atoms with Crippen LogP contribution in [0, 0.1) is 0 Å². The van der Waals surface area contributed by atoms with Crippen molar-refractivity contribution in [3.05, 3.63) is 30.2 Å². The third kappa shape index (κ3) is 3.30. The standard InChI is InChI=1S/C17H22N2O3/c1-19(11-10-17(21)8-4-5-9-17)16(20)12-15-18-13-6-2-3-7-14(13)22-15/h2-3,6-7,21H,4-5,8-12H2,1H3. The number of amides is 1. The van der Waals surface area contributed by atoms with Crippen LogP contribution in [0.2, 0.25) is 0 Å². The fourth-order valence-electron chi connectivity index (χ4n) is 3.04. The monoisotopic (exact) mass is 302 g/mol. The Morgan fingerprint density at radius 1 is 1.36 bits per heavy atom. The molecular formula is C17H22N2O3. The van der Waals surface area contributed by atoms with Crippen LogP contribution in [0.15, 0.2) is 28.7 Å². The molecule has 5 heteroatoms. The SMILES string of the molecule is CN(CCC1(O)CCCC1)C(=O)Cc1nc2ccccc2o1. The van der Waals surface area contributed by atoms with Crippen LogP contribution >= 0.6 is 0 Å². The van der Waals surface area contributed by atoms with Crippen LogP contribution in [0.3, 0.4) is 0 Å². The number of benzene rings is 1. The summed E-state index contributed by atoms with van der Waals surface area (Å²) >= 11 is 0. The number of likely N-dealkylation sites (N-methyl/N-ethyl adjacent to an activating group) is 1. The van der Waals surface area contributed by atoms with Crippen LogP contribution in [0.25, 0.3) is 11.1 Å². The second-order valence-corrected chi connectivity index (χ2v) is 6.25. The smallest absolute Gasteiger partial charge is 0.231 e. The summed E-state index contributed by atoms with van der Waals surface area (Å²) < 4.78 is 5.58. The molecule has 1 N–H and O–H groups in total. The van der Waals surface area contributed by atoms with E-state index in [0.29, 0.717) is 24.4 Å². The number of aliphatic hydroxyl groups is 1. The summed E-state index contributed by atoms with van der Waals surface area (Å²) in [4.78, 5) is 18.2. The zero-order valence-corrected chi connectivity index (χ0v) is 12.9. The lowest BCUT2D eigenvalue weighted by atomic mass is 9.98. The zero-order chi connectivity index (χ0) is 15.6. The van der Waals surface area contributed by atoms with Crippen molar-refractivity contribution in [3.63, 3.8) is 0 Å². The molecule has 0 unspecified atom stereocenters. The third-order valence-electron chi connectivity index (χ3n) is 4.51. The van der Waals surface area contributed by atoms with Gasteiger partial charge in [0.2, 0.25) is 11.8 Å². The Balaban J connectivity index is 1.56. The van der Waals surface area contributed by atoms with Gasteiger partial charge in [-0.3, -0.25) is 4.79 Å². The number of fused-ring (bicyclic) bond motifs is 1.